The number of hydrogen-bond acceptors (Lipinski definition) is 5. The molecule has 0 atom stereocenters. The molecule has 0 aliphatic heterocycles. The van der Waals surface area contributed by atoms with Crippen LogP contribution in [0.25, 0.3) is 5.65 Å². The fraction of sp³-hybridized carbons (Fsp3) is 0.357. The molecule has 20 heavy (non-hydrogen) atoms. The Morgan fingerprint density at radius 3 is 2.80 bits per heavy atom. The molecule has 0 N–H and O–H groups in total. The van der Waals surface area contributed by atoms with E-state index in [0.717, 1.165) is 34.2 Å². The minimum absolute atomic E-state index is 0.635. The molecule has 0 aliphatic carbocycles. The Morgan fingerprint density at radius 2 is 2.10 bits per heavy atom. The molecule has 0 aromatic carbocycles. The zero-order chi connectivity index (χ0) is 14.3. The van der Waals surface area contributed by atoms with E-state index in [4.69, 9.17) is 4.52 Å². The molecule has 104 valence electrons. The topological polar surface area (TPSA) is 59.5 Å². The fourth-order valence-electron chi connectivity index (χ4n) is 2.24. The van der Waals surface area contributed by atoms with Crippen molar-refractivity contribution in [1.29, 1.82) is 0 Å². The van der Waals surface area contributed by atoms with Crippen LogP contribution in [-0.4, -0.2) is 26.8 Å². The molecule has 0 amide bonds. The Morgan fingerprint density at radius 1 is 1.30 bits per heavy atom. The van der Waals surface area contributed by atoms with Crippen LogP contribution in [0.3, 0.4) is 0 Å². The summed E-state index contributed by atoms with van der Waals surface area (Å²) in [5.41, 5.74) is 3.99. The molecule has 0 saturated heterocycles. The van der Waals surface area contributed by atoms with Gasteiger partial charge < -0.3 is 9.42 Å². The van der Waals surface area contributed by atoms with E-state index in [1.165, 1.54) is 0 Å². The highest BCUT2D eigenvalue weighted by molar-refractivity contribution is 5.56. The first-order chi connectivity index (χ1) is 9.56. The second kappa shape index (κ2) is 4.63. The summed E-state index contributed by atoms with van der Waals surface area (Å²) in [6.07, 6.45) is 1.65. The van der Waals surface area contributed by atoms with Crippen LogP contribution in [0.5, 0.6) is 0 Å². The van der Waals surface area contributed by atoms with Crippen molar-refractivity contribution in [3.8, 4) is 0 Å². The standard InChI is InChI=1S/C14H17N5O/c1-9-7-13(18(4)8-12-5-6-15-20-12)19-14(16-9)10(2)11(3)17-19/h5-7H,8H2,1-4H3. The van der Waals surface area contributed by atoms with Gasteiger partial charge in [0.15, 0.2) is 11.4 Å². The van der Waals surface area contributed by atoms with E-state index in [2.05, 4.69) is 20.1 Å². The monoisotopic (exact) mass is 271 g/mol. The number of anilines is 1. The first kappa shape index (κ1) is 12.7. The van der Waals surface area contributed by atoms with Crippen LogP contribution in [0.2, 0.25) is 0 Å². The Balaban J connectivity index is 2.08. The summed E-state index contributed by atoms with van der Waals surface area (Å²) in [5, 5.41) is 8.30. The first-order valence-electron chi connectivity index (χ1n) is 6.50. The summed E-state index contributed by atoms with van der Waals surface area (Å²) in [6, 6.07) is 3.89. The second-order valence-electron chi connectivity index (χ2n) is 5.04. The molecule has 0 saturated carbocycles. The Labute approximate surface area is 117 Å². The van der Waals surface area contributed by atoms with Crippen molar-refractivity contribution in [2.45, 2.75) is 27.3 Å². The predicted molar refractivity (Wildman–Crippen MR) is 75.8 cm³/mol. The van der Waals surface area contributed by atoms with E-state index in [0.29, 0.717) is 6.54 Å². The predicted octanol–water partition coefficient (Wildman–Crippen LogP) is 2.28. The highest BCUT2D eigenvalue weighted by atomic mass is 16.5. The molecule has 0 fully saturated rings. The van der Waals surface area contributed by atoms with Crippen molar-refractivity contribution in [3.63, 3.8) is 0 Å². The third-order valence-electron chi connectivity index (χ3n) is 3.44. The molecule has 0 unspecified atom stereocenters. The third kappa shape index (κ3) is 2.03. The van der Waals surface area contributed by atoms with E-state index < -0.39 is 0 Å². The van der Waals surface area contributed by atoms with E-state index in [1.807, 2.05) is 44.5 Å². The molecule has 6 nitrogen and oxygen atoms in total. The number of nitrogens with zero attached hydrogens (tertiary/aromatic N) is 5. The minimum Gasteiger partial charge on any atom is -0.360 e. The normalized spacial score (nSPS) is 11.2. The van der Waals surface area contributed by atoms with Gasteiger partial charge in [-0.05, 0) is 20.8 Å². The SMILES string of the molecule is Cc1cc(N(C)Cc2ccno2)n2nc(C)c(C)c2n1. The van der Waals surface area contributed by atoms with Crippen molar-refractivity contribution in [2.24, 2.45) is 0 Å². The number of fused-ring (bicyclic) bond motifs is 1. The summed E-state index contributed by atoms with van der Waals surface area (Å²) in [6.45, 7) is 6.67. The highest BCUT2D eigenvalue weighted by Crippen LogP contribution is 2.21. The molecule has 0 aliphatic rings. The number of hydrogen-bond donors (Lipinski definition) is 0. The summed E-state index contributed by atoms with van der Waals surface area (Å²) in [5.74, 6) is 1.80. The number of aryl methyl sites for hydroxylation is 3. The van der Waals surface area contributed by atoms with Crippen LogP contribution < -0.4 is 4.90 Å². The lowest BCUT2D eigenvalue weighted by Gasteiger charge is -2.18. The first-order valence-corrected chi connectivity index (χ1v) is 6.50. The quantitative estimate of drug-likeness (QED) is 0.731. The maximum absolute atomic E-state index is 5.16. The second-order valence-corrected chi connectivity index (χ2v) is 5.04. The van der Waals surface area contributed by atoms with Crippen LogP contribution in [0, 0.1) is 20.8 Å². The van der Waals surface area contributed by atoms with Gasteiger partial charge >= 0.3 is 0 Å². The van der Waals surface area contributed by atoms with Crippen molar-refractivity contribution < 1.29 is 4.52 Å². The molecule has 3 aromatic rings. The van der Waals surface area contributed by atoms with E-state index in [9.17, 15) is 0 Å². The van der Waals surface area contributed by atoms with Crippen LogP contribution in [0.1, 0.15) is 22.7 Å². The molecule has 6 heteroatoms. The van der Waals surface area contributed by atoms with Gasteiger partial charge in [-0.3, -0.25) is 0 Å². The lowest BCUT2D eigenvalue weighted by Crippen LogP contribution is -2.20. The molecule has 0 spiro atoms. The molecule has 3 heterocycles. The van der Waals surface area contributed by atoms with Gasteiger partial charge in [-0.1, -0.05) is 5.16 Å². The average molecular weight is 271 g/mol. The van der Waals surface area contributed by atoms with E-state index in [1.54, 1.807) is 6.20 Å². The average Bonchev–Trinajstić information content (AvgIpc) is 3.00. The van der Waals surface area contributed by atoms with E-state index >= 15 is 0 Å². The maximum Gasteiger partial charge on any atom is 0.160 e. The van der Waals surface area contributed by atoms with Gasteiger partial charge in [0.05, 0.1) is 18.4 Å². The van der Waals surface area contributed by atoms with Crippen molar-refractivity contribution >= 4 is 11.5 Å². The van der Waals surface area contributed by atoms with Crippen molar-refractivity contribution in [2.75, 3.05) is 11.9 Å². The van der Waals surface area contributed by atoms with Crippen LogP contribution in [-0.2, 0) is 6.54 Å². The summed E-state index contributed by atoms with van der Waals surface area (Å²) in [4.78, 5) is 6.65. The van der Waals surface area contributed by atoms with Gasteiger partial charge in [0.2, 0.25) is 0 Å². The maximum atomic E-state index is 5.16. The Bertz CT molecular complexity index is 745. The molecular formula is C14H17N5O. The summed E-state index contributed by atoms with van der Waals surface area (Å²) in [7, 11) is 2.00. The summed E-state index contributed by atoms with van der Waals surface area (Å²) >= 11 is 0. The fourth-order valence-corrected chi connectivity index (χ4v) is 2.24. The summed E-state index contributed by atoms with van der Waals surface area (Å²) < 4.78 is 7.04. The zero-order valence-electron chi connectivity index (χ0n) is 12.1. The lowest BCUT2D eigenvalue weighted by atomic mass is 10.3. The minimum atomic E-state index is 0.635. The lowest BCUT2D eigenvalue weighted by molar-refractivity contribution is 0.382. The molecule has 3 rings (SSSR count). The van der Waals surface area contributed by atoms with Gasteiger partial charge in [-0.25, -0.2) is 4.98 Å². The number of rotatable bonds is 3. The molecule has 0 bridgehead atoms. The van der Waals surface area contributed by atoms with Crippen LogP contribution in [0.15, 0.2) is 22.9 Å². The van der Waals surface area contributed by atoms with Crippen molar-refractivity contribution in [1.82, 2.24) is 19.8 Å². The molecule has 0 radical (unpaired) electrons. The van der Waals surface area contributed by atoms with Gasteiger partial charge in [-0.15, -0.1) is 0 Å². The van der Waals surface area contributed by atoms with Crippen LogP contribution in [0.4, 0.5) is 5.82 Å². The zero-order valence-corrected chi connectivity index (χ0v) is 12.1. The number of aromatic nitrogens is 4. The van der Waals surface area contributed by atoms with Crippen LogP contribution >= 0.6 is 0 Å². The highest BCUT2D eigenvalue weighted by Gasteiger charge is 2.14. The largest absolute Gasteiger partial charge is 0.360 e. The van der Waals surface area contributed by atoms with E-state index in [-0.39, 0.29) is 0 Å². The smallest absolute Gasteiger partial charge is 0.160 e. The van der Waals surface area contributed by atoms with Gasteiger partial charge in [0.1, 0.15) is 5.82 Å². The van der Waals surface area contributed by atoms with Crippen molar-refractivity contribution in [3.05, 3.63) is 41.0 Å². The van der Waals surface area contributed by atoms with Gasteiger partial charge in [-0.2, -0.15) is 9.61 Å². The Kier molecular flexibility index (Phi) is 2.93. The third-order valence-corrected chi connectivity index (χ3v) is 3.44. The van der Waals surface area contributed by atoms with Gasteiger partial charge in [0.25, 0.3) is 0 Å². The molecule has 3 aromatic heterocycles. The van der Waals surface area contributed by atoms with Gasteiger partial charge in [0, 0.05) is 30.4 Å². The Hall–Kier alpha value is -2.37. The molecular weight excluding hydrogens is 254 g/mol.